The highest BCUT2D eigenvalue weighted by molar-refractivity contribution is 5.78. The van der Waals surface area contributed by atoms with Crippen LogP contribution in [0.4, 0.5) is 0 Å². The van der Waals surface area contributed by atoms with Crippen LogP contribution < -0.4 is 20.1 Å². The zero-order chi connectivity index (χ0) is 15.4. The SMILES string of the molecule is CNC1CCCN(CC(=O)NCc2ccc3c(c2)OCO3)C1. The number of carbonyl (C=O) groups is 1. The van der Waals surface area contributed by atoms with Crippen molar-refractivity contribution in [3.63, 3.8) is 0 Å². The van der Waals surface area contributed by atoms with E-state index >= 15 is 0 Å². The number of hydrogen-bond acceptors (Lipinski definition) is 5. The van der Waals surface area contributed by atoms with Crippen LogP contribution in [-0.2, 0) is 11.3 Å². The normalized spacial score (nSPS) is 20.9. The van der Waals surface area contributed by atoms with Crippen molar-refractivity contribution in [2.24, 2.45) is 0 Å². The molecule has 1 unspecified atom stereocenters. The predicted octanol–water partition coefficient (Wildman–Crippen LogP) is 0.715. The predicted molar refractivity (Wildman–Crippen MR) is 82.9 cm³/mol. The minimum atomic E-state index is 0.0643. The van der Waals surface area contributed by atoms with Crippen LogP contribution in [0.1, 0.15) is 18.4 Å². The van der Waals surface area contributed by atoms with Gasteiger partial charge in [-0.1, -0.05) is 6.07 Å². The second-order valence-electron chi connectivity index (χ2n) is 5.83. The molecule has 3 rings (SSSR count). The first-order valence-corrected chi connectivity index (χ1v) is 7.79. The van der Waals surface area contributed by atoms with Crippen molar-refractivity contribution in [3.8, 4) is 11.5 Å². The molecule has 0 aliphatic carbocycles. The Morgan fingerprint density at radius 1 is 1.36 bits per heavy atom. The van der Waals surface area contributed by atoms with Gasteiger partial charge in [-0.2, -0.15) is 0 Å². The van der Waals surface area contributed by atoms with Gasteiger partial charge < -0.3 is 20.1 Å². The molecule has 0 spiro atoms. The molecule has 1 aromatic rings. The third-order valence-corrected chi connectivity index (χ3v) is 4.21. The summed E-state index contributed by atoms with van der Waals surface area (Å²) in [5, 5.41) is 6.26. The first kappa shape index (κ1) is 15.1. The van der Waals surface area contributed by atoms with Crippen LogP contribution in [0, 0.1) is 0 Å². The Bertz CT molecular complexity index is 535. The summed E-state index contributed by atoms with van der Waals surface area (Å²) in [5.74, 6) is 1.58. The zero-order valence-electron chi connectivity index (χ0n) is 12.9. The average Bonchev–Trinajstić information content (AvgIpc) is 3.00. The summed E-state index contributed by atoms with van der Waals surface area (Å²) in [5.41, 5.74) is 1.02. The number of fused-ring (bicyclic) bond motifs is 1. The van der Waals surface area contributed by atoms with E-state index in [-0.39, 0.29) is 12.7 Å². The maximum atomic E-state index is 12.1. The molecule has 120 valence electrons. The molecule has 1 aromatic carbocycles. The summed E-state index contributed by atoms with van der Waals surface area (Å²) in [6.45, 7) is 3.18. The monoisotopic (exact) mass is 305 g/mol. The van der Waals surface area contributed by atoms with Gasteiger partial charge in [-0.3, -0.25) is 9.69 Å². The van der Waals surface area contributed by atoms with Crippen LogP contribution in [0.2, 0.25) is 0 Å². The maximum absolute atomic E-state index is 12.1. The van der Waals surface area contributed by atoms with Gasteiger partial charge in [0, 0.05) is 19.1 Å². The van der Waals surface area contributed by atoms with Crippen LogP contribution in [0.25, 0.3) is 0 Å². The number of benzene rings is 1. The Morgan fingerprint density at radius 2 is 2.23 bits per heavy atom. The van der Waals surface area contributed by atoms with Gasteiger partial charge in [-0.05, 0) is 44.1 Å². The van der Waals surface area contributed by atoms with Gasteiger partial charge in [0.25, 0.3) is 0 Å². The summed E-state index contributed by atoms with van der Waals surface area (Å²) >= 11 is 0. The lowest BCUT2D eigenvalue weighted by Crippen LogP contribution is -2.47. The molecule has 6 heteroatoms. The van der Waals surface area contributed by atoms with E-state index < -0.39 is 0 Å². The molecule has 0 bridgehead atoms. The summed E-state index contributed by atoms with van der Waals surface area (Å²) in [7, 11) is 1.98. The Morgan fingerprint density at radius 3 is 3.09 bits per heavy atom. The standard InChI is InChI=1S/C16H23N3O3/c1-17-13-3-2-6-19(9-13)10-16(20)18-8-12-4-5-14-15(7-12)22-11-21-14/h4-5,7,13,17H,2-3,6,8-11H2,1H3,(H,18,20). The zero-order valence-corrected chi connectivity index (χ0v) is 12.9. The number of hydrogen-bond donors (Lipinski definition) is 2. The molecule has 0 saturated carbocycles. The first-order valence-electron chi connectivity index (χ1n) is 7.79. The van der Waals surface area contributed by atoms with Crippen LogP contribution >= 0.6 is 0 Å². The Kier molecular flexibility index (Phi) is 4.80. The molecular weight excluding hydrogens is 282 g/mol. The van der Waals surface area contributed by atoms with Crippen LogP contribution in [0.5, 0.6) is 11.5 Å². The maximum Gasteiger partial charge on any atom is 0.234 e. The van der Waals surface area contributed by atoms with E-state index in [1.54, 1.807) is 0 Å². The summed E-state index contributed by atoms with van der Waals surface area (Å²) < 4.78 is 10.6. The molecule has 22 heavy (non-hydrogen) atoms. The fraction of sp³-hybridized carbons (Fsp3) is 0.562. The van der Waals surface area contributed by atoms with Crippen LogP contribution in [0.3, 0.4) is 0 Å². The topological polar surface area (TPSA) is 62.8 Å². The lowest BCUT2D eigenvalue weighted by molar-refractivity contribution is -0.122. The van der Waals surface area contributed by atoms with Crippen molar-refractivity contribution in [1.82, 2.24) is 15.5 Å². The van der Waals surface area contributed by atoms with E-state index in [2.05, 4.69) is 15.5 Å². The van der Waals surface area contributed by atoms with Gasteiger partial charge in [0.2, 0.25) is 12.7 Å². The largest absolute Gasteiger partial charge is 0.454 e. The number of carbonyl (C=O) groups excluding carboxylic acids is 1. The number of likely N-dealkylation sites (N-methyl/N-ethyl adjacent to an activating group) is 1. The molecule has 1 saturated heterocycles. The van der Waals surface area contributed by atoms with E-state index in [4.69, 9.17) is 9.47 Å². The molecule has 1 fully saturated rings. The van der Waals surface area contributed by atoms with Gasteiger partial charge in [-0.25, -0.2) is 0 Å². The van der Waals surface area contributed by atoms with Crippen molar-refractivity contribution in [2.45, 2.75) is 25.4 Å². The number of rotatable bonds is 5. The highest BCUT2D eigenvalue weighted by Crippen LogP contribution is 2.32. The molecule has 6 nitrogen and oxygen atoms in total. The summed E-state index contributed by atoms with van der Waals surface area (Å²) in [6, 6.07) is 6.24. The van der Waals surface area contributed by atoms with E-state index in [1.165, 1.54) is 6.42 Å². The number of likely N-dealkylation sites (tertiary alicyclic amines) is 1. The minimum absolute atomic E-state index is 0.0643. The molecule has 2 heterocycles. The smallest absolute Gasteiger partial charge is 0.234 e. The third-order valence-electron chi connectivity index (χ3n) is 4.21. The quantitative estimate of drug-likeness (QED) is 0.839. The second kappa shape index (κ2) is 6.98. The molecular formula is C16H23N3O3. The molecule has 0 aromatic heterocycles. The first-order chi connectivity index (χ1) is 10.7. The Balaban J connectivity index is 1.46. The number of amides is 1. The number of nitrogens with one attached hydrogen (secondary N) is 2. The number of nitrogens with zero attached hydrogens (tertiary/aromatic N) is 1. The molecule has 1 atom stereocenters. The van der Waals surface area contributed by atoms with Crippen molar-refractivity contribution in [3.05, 3.63) is 23.8 Å². The van der Waals surface area contributed by atoms with E-state index in [0.717, 1.165) is 36.6 Å². The lowest BCUT2D eigenvalue weighted by Gasteiger charge is -2.31. The van der Waals surface area contributed by atoms with Crippen molar-refractivity contribution in [1.29, 1.82) is 0 Å². The third kappa shape index (κ3) is 3.69. The van der Waals surface area contributed by atoms with Crippen molar-refractivity contribution < 1.29 is 14.3 Å². The highest BCUT2D eigenvalue weighted by atomic mass is 16.7. The Labute approximate surface area is 130 Å². The van der Waals surface area contributed by atoms with Crippen molar-refractivity contribution >= 4 is 5.91 Å². The van der Waals surface area contributed by atoms with Gasteiger partial charge in [-0.15, -0.1) is 0 Å². The fourth-order valence-electron chi connectivity index (χ4n) is 2.95. The number of ether oxygens (including phenoxy) is 2. The molecule has 1 amide bonds. The van der Waals surface area contributed by atoms with Crippen molar-refractivity contribution in [2.75, 3.05) is 33.5 Å². The van der Waals surface area contributed by atoms with Gasteiger partial charge in [0.1, 0.15) is 0 Å². The molecule has 2 aliphatic heterocycles. The van der Waals surface area contributed by atoms with Gasteiger partial charge >= 0.3 is 0 Å². The average molecular weight is 305 g/mol. The van der Waals surface area contributed by atoms with Gasteiger partial charge in [0.15, 0.2) is 11.5 Å². The van der Waals surface area contributed by atoms with E-state index in [0.29, 0.717) is 19.1 Å². The van der Waals surface area contributed by atoms with E-state index in [9.17, 15) is 4.79 Å². The summed E-state index contributed by atoms with van der Waals surface area (Å²) in [6.07, 6.45) is 2.33. The fourth-order valence-corrected chi connectivity index (χ4v) is 2.95. The lowest BCUT2D eigenvalue weighted by atomic mass is 10.1. The molecule has 2 aliphatic rings. The molecule has 2 N–H and O–H groups in total. The minimum Gasteiger partial charge on any atom is -0.454 e. The second-order valence-corrected chi connectivity index (χ2v) is 5.83. The van der Waals surface area contributed by atoms with Crippen LogP contribution in [0.15, 0.2) is 18.2 Å². The molecule has 0 radical (unpaired) electrons. The van der Waals surface area contributed by atoms with Gasteiger partial charge in [0.05, 0.1) is 6.54 Å². The number of piperidine rings is 1. The highest BCUT2D eigenvalue weighted by Gasteiger charge is 2.20. The van der Waals surface area contributed by atoms with E-state index in [1.807, 2.05) is 25.2 Å². The van der Waals surface area contributed by atoms with Crippen LogP contribution in [-0.4, -0.2) is 50.3 Å². The Hall–Kier alpha value is -1.79. The summed E-state index contributed by atoms with van der Waals surface area (Å²) in [4.78, 5) is 14.3.